The second kappa shape index (κ2) is 7.09. The first-order valence-electron chi connectivity index (χ1n) is 5.71. The quantitative estimate of drug-likeness (QED) is 0.603. The monoisotopic (exact) mass is 495 g/mol. The van der Waals surface area contributed by atoms with Gasteiger partial charge in [-0.15, -0.1) is 0 Å². The number of carbonyl (C=O) groups excluding carboxylic acids is 1. The lowest BCUT2D eigenvalue weighted by Gasteiger charge is -2.12. The van der Waals surface area contributed by atoms with Crippen molar-refractivity contribution in [2.24, 2.45) is 0 Å². The van der Waals surface area contributed by atoms with Gasteiger partial charge in [0, 0.05) is 26.7 Å². The fourth-order valence-electron chi connectivity index (χ4n) is 1.59. The molecule has 1 aromatic carbocycles. The Morgan fingerprint density at radius 3 is 2.38 bits per heavy atom. The molecule has 8 heteroatoms. The van der Waals surface area contributed by atoms with Crippen molar-refractivity contribution < 1.29 is 4.79 Å². The molecule has 0 aliphatic carbocycles. The zero-order chi connectivity index (χ0) is 15.6. The Labute approximate surface area is 152 Å². The summed E-state index contributed by atoms with van der Waals surface area (Å²) >= 11 is 16.2. The van der Waals surface area contributed by atoms with Crippen LogP contribution in [0, 0.1) is 0 Å². The second-order valence-corrected chi connectivity index (χ2v) is 7.03. The van der Waals surface area contributed by atoms with E-state index >= 15 is 0 Å². The number of benzene rings is 1. The van der Waals surface area contributed by atoms with Gasteiger partial charge in [-0.2, -0.15) is 0 Å². The van der Waals surface area contributed by atoms with E-state index in [1.54, 1.807) is 13.1 Å². The van der Waals surface area contributed by atoms with E-state index < -0.39 is 0 Å². The van der Waals surface area contributed by atoms with Crippen LogP contribution in [0.2, 0.25) is 5.02 Å². The molecule has 110 valence electrons. The van der Waals surface area contributed by atoms with Gasteiger partial charge in [-0.1, -0.05) is 27.5 Å². The molecule has 4 nitrogen and oxygen atoms in total. The fourth-order valence-corrected chi connectivity index (χ4v) is 4.24. The molecular weight excluding hydrogens is 489 g/mol. The molecule has 0 spiro atoms. The molecule has 0 fully saturated rings. The fraction of sp³-hybridized carbons (Fsp3) is 0.0769. The van der Waals surface area contributed by atoms with E-state index in [0.29, 0.717) is 17.1 Å². The Hall–Kier alpha value is -0.630. The van der Waals surface area contributed by atoms with Crippen LogP contribution in [0.1, 0.15) is 10.4 Å². The van der Waals surface area contributed by atoms with Crippen LogP contribution >= 0.6 is 59.4 Å². The van der Waals surface area contributed by atoms with Crippen molar-refractivity contribution in [2.45, 2.75) is 0 Å². The van der Waals surface area contributed by atoms with E-state index in [-0.39, 0.29) is 10.9 Å². The van der Waals surface area contributed by atoms with Gasteiger partial charge >= 0.3 is 0 Å². The number of hydrogen-bond donors (Lipinski definition) is 2. The van der Waals surface area contributed by atoms with Crippen LogP contribution in [-0.4, -0.2) is 17.9 Å². The lowest BCUT2D eigenvalue weighted by Crippen LogP contribution is -2.14. The maximum Gasteiger partial charge on any atom is 0.257 e. The summed E-state index contributed by atoms with van der Waals surface area (Å²) in [6.07, 6.45) is 1.44. The van der Waals surface area contributed by atoms with Crippen molar-refractivity contribution in [2.75, 3.05) is 17.7 Å². The Bertz CT molecular complexity index is 686. The van der Waals surface area contributed by atoms with Gasteiger partial charge in [0.25, 0.3) is 5.91 Å². The predicted molar refractivity (Wildman–Crippen MR) is 96.3 cm³/mol. The summed E-state index contributed by atoms with van der Waals surface area (Å²) in [5.41, 5.74) is 0.972. The molecule has 1 aromatic heterocycles. The van der Waals surface area contributed by atoms with Crippen LogP contribution in [0.15, 0.2) is 37.8 Å². The Kier molecular flexibility index (Phi) is 5.65. The lowest BCUT2D eigenvalue weighted by atomic mass is 10.2. The summed E-state index contributed by atoms with van der Waals surface area (Å²) in [5.74, 6) is 0.251. The molecule has 2 N–H and O–H groups in total. The summed E-state index contributed by atoms with van der Waals surface area (Å²) in [7, 11) is 1.72. The molecule has 2 aromatic rings. The average Bonchev–Trinajstić information content (AvgIpc) is 2.43. The highest BCUT2D eigenvalue weighted by atomic mass is 79.9. The van der Waals surface area contributed by atoms with Gasteiger partial charge in [0.05, 0.1) is 16.3 Å². The van der Waals surface area contributed by atoms with Crippen LogP contribution in [0.4, 0.5) is 11.5 Å². The minimum absolute atomic E-state index is 0.288. The molecule has 0 aliphatic heterocycles. The van der Waals surface area contributed by atoms with Gasteiger partial charge in [0.15, 0.2) is 0 Å². The highest BCUT2D eigenvalue weighted by Gasteiger charge is 2.15. The minimum atomic E-state index is -0.317. The molecule has 1 amide bonds. The first-order valence-corrected chi connectivity index (χ1v) is 8.47. The van der Waals surface area contributed by atoms with Gasteiger partial charge < -0.3 is 10.6 Å². The molecule has 0 bridgehead atoms. The Morgan fingerprint density at radius 1 is 1.19 bits per heavy atom. The maximum atomic E-state index is 12.4. The van der Waals surface area contributed by atoms with Crippen molar-refractivity contribution in [1.82, 2.24) is 4.98 Å². The average molecular weight is 498 g/mol. The molecule has 0 atom stereocenters. The number of hydrogen-bond acceptors (Lipinski definition) is 3. The molecule has 2 rings (SSSR count). The van der Waals surface area contributed by atoms with Gasteiger partial charge in [-0.25, -0.2) is 4.98 Å². The number of aromatic nitrogens is 1. The third-order valence-electron chi connectivity index (χ3n) is 2.60. The molecule has 0 radical (unpaired) electrons. The number of carbonyl (C=O) groups is 1. The number of anilines is 2. The Morgan fingerprint density at radius 2 is 1.81 bits per heavy atom. The van der Waals surface area contributed by atoms with Gasteiger partial charge in [0.1, 0.15) is 5.82 Å². The third kappa shape index (κ3) is 3.97. The second-order valence-electron chi connectivity index (χ2n) is 4.00. The molecule has 21 heavy (non-hydrogen) atoms. The molecule has 0 saturated carbocycles. The lowest BCUT2D eigenvalue weighted by molar-refractivity contribution is 0.102. The highest BCUT2D eigenvalue weighted by Crippen LogP contribution is 2.35. The summed E-state index contributed by atoms with van der Waals surface area (Å²) in [4.78, 5) is 16.4. The van der Waals surface area contributed by atoms with E-state index in [4.69, 9.17) is 11.6 Å². The zero-order valence-corrected chi connectivity index (χ0v) is 16.2. The van der Waals surface area contributed by atoms with Gasteiger partial charge in [-0.05, 0) is 50.1 Å². The van der Waals surface area contributed by atoms with Crippen LogP contribution in [-0.2, 0) is 0 Å². The van der Waals surface area contributed by atoms with E-state index in [2.05, 4.69) is 63.4 Å². The standard InChI is InChI=1S/C13H9Br3ClN3O/c1-18-11-4-7(10(17)5-19-11)13(21)20-12-8(15)2-6(14)3-9(12)16/h2-5H,1H3,(H,18,19)(H,20,21). The third-order valence-corrected chi connectivity index (χ3v) is 4.61. The van der Waals surface area contributed by atoms with Crippen molar-refractivity contribution in [3.8, 4) is 0 Å². The SMILES string of the molecule is CNc1cc(C(=O)Nc2c(Br)cc(Br)cc2Br)c(Cl)cn1. The van der Waals surface area contributed by atoms with Gasteiger partial charge in [0.2, 0.25) is 0 Å². The van der Waals surface area contributed by atoms with E-state index in [1.165, 1.54) is 6.20 Å². The van der Waals surface area contributed by atoms with Crippen molar-refractivity contribution in [1.29, 1.82) is 0 Å². The maximum absolute atomic E-state index is 12.4. The van der Waals surface area contributed by atoms with Crippen LogP contribution in [0.3, 0.4) is 0 Å². The molecule has 0 saturated heterocycles. The van der Waals surface area contributed by atoms with Crippen LogP contribution in [0.5, 0.6) is 0 Å². The van der Waals surface area contributed by atoms with Crippen molar-refractivity contribution in [3.05, 3.63) is 48.4 Å². The normalized spacial score (nSPS) is 10.3. The summed E-state index contributed by atoms with van der Waals surface area (Å²) in [5, 5.41) is 5.98. The Balaban J connectivity index is 2.35. The summed E-state index contributed by atoms with van der Waals surface area (Å²) in [6, 6.07) is 5.28. The largest absolute Gasteiger partial charge is 0.373 e. The number of rotatable bonds is 3. The molecule has 0 aliphatic rings. The molecular formula is C13H9Br3ClN3O. The highest BCUT2D eigenvalue weighted by molar-refractivity contribution is 9.11. The molecule has 0 unspecified atom stereocenters. The smallest absolute Gasteiger partial charge is 0.257 e. The number of amides is 1. The van der Waals surface area contributed by atoms with E-state index in [9.17, 15) is 4.79 Å². The number of nitrogens with one attached hydrogen (secondary N) is 2. The zero-order valence-electron chi connectivity index (χ0n) is 10.7. The first-order chi connectivity index (χ1) is 9.92. The van der Waals surface area contributed by atoms with Crippen LogP contribution in [0.25, 0.3) is 0 Å². The van der Waals surface area contributed by atoms with Gasteiger partial charge in [-0.3, -0.25) is 4.79 Å². The number of nitrogens with zero attached hydrogens (tertiary/aromatic N) is 1. The topological polar surface area (TPSA) is 54.0 Å². The van der Waals surface area contributed by atoms with Crippen LogP contribution < -0.4 is 10.6 Å². The molecule has 1 heterocycles. The first kappa shape index (κ1) is 16.7. The van der Waals surface area contributed by atoms with E-state index in [0.717, 1.165) is 13.4 Å². The minimum Gasteiger partial charge on any atom is -0.373 e. The number of halogens is 4. The van der Waals surface area contributed by atoms with Crippen molar-refractivity contribution >= 4 is 76.8 Å². The van der Waals surface area contributed by atoms with Crippen molar-refractivity contribution in [3.63, 3.8) is 0 Å². The summed E-state index contributed by atoms with van der Waals surface area (Å²) < 4.78 is 2.38. The number of pyridine rings is 1. The van der Waals surface area contributed by atoms with E-state index in [1.807, 2.05) is 12.1 Å². The predicted octanol–water partition coefficient (Wildman–Crippen LogP) is 5.32. The summed E-state index contributed by atoms with van der Waals surface area (Å²) in [6.45, 7) is 0.